The van der Waals surface area contributed by atoms with Crippen LogP contribution in [-0.2, 0) is 0 Å². The molecule has 0 saturated heterocycles. The monoisotopic (exact) mass is 388 g/mol. The van der Waals surface area contributed by atoms with E-state index in [1.807, 2.05) is 11.8 Å². The van der Waals surface area contributed by atoms with E-state index in [0.717, 1.165) is 0 Å². The fourth-order valence-corrected chi connectivity index (χ4v) is 8.47. The van der Waals surface area contributed by atoms with E-state index in [-0.39, 0.29) is 0 Å². The van der Waals surface area contributed by atoms with E-state index >= 15 is 0 Å². The van der Waals surface area contributed by atoms with Crippen molar-refractivity contribution in [3.05, 3.63) is 84.0 Å². The molecule has 0 aliphatic heterocycles. The summed E-state index contributed by atoms with van der Waals surface area (Å²) in [5.74, 6) is 0. The molecule has 138 valence electrons. The van der Waals surface area contributed by atoms with Crippen LogP contribution in [0.3, 0.4) is 0 Å². The van der Waals surface area contributed by atoms with E-state index < -0.39 is 8.07 Å². The first-order valence-corrected chi connectivity index (χ1v) is 13.9. The average molecular weight is 389 g/mol. The van der Waals surface area contributed by atoms with E-state index in [1.165, 1.54) is 27.1 Å². The van der Waals surface area contributed by atoms with Gasteiger partial charge in [0.25, 0.3) is 0 Å². The lowest BCUT2D eigenvalue weighted by molar-refractivity contribution is 1.09. The summed E-state index contributed by atoms with van der Waals surface area (Å²) in [4.78, 5) is 1.35. The van der Waals surface area contributed by atoms with Crippen LogP contribution < -0.4 is 0 Å². The largest absolute Gasteiger partial charge is 0.123 e. The molecule has 2 aliphatic rings. The van der Waals surface area contributed by atoms with Gasteiger partial charge in [0, 0.05) is 10.1 Å². The van der Waals surface area contributed by atoms with Gasteiger partial charge < -0.3 is 0 Å². The Labute approximate surface area is 169 Å². The predicted molar refractivity (Wildman–Crippen MR) is 124 cm³/mol. The zero-order valence-electron chi connectivity index (χ0n) is 16.6. The Bertz CT molecular complexity index is 904. The Morgan fingerprint density at radius 3 is 2.26 bits per heavy atom. The predicted octanol–water partition coefficient (Wildman–Crippen LogP) is 7.71. The third-order valence-corrected chi connectivity index (χ3v) is 11.1. The zero-order valence-corrected chi connectivity index (χ0v) is 18.5. The molecule has 1 unspecified atom stereocenters. The molecular formula is C25H28SSi. The van der Waals surface area contributed by atoms with Gasteiger partial charge in [0.2, 0.25) is 0 Å². The number of hydrogen-bond acceptors (Lipinski definition) is 1. The molecule has 2 aromatic rings. The van der Waals surface area contributed by atoms with Crippen molar-refractivity contribution in [1.82, 2.24) is 0 Å². The quantitative estimate of drug-likeness (QED) is 0.373. The van der Waals surface area contributed by atoms with Crippen molar-refractivity contribution in [3.8, 4) is 11.1 Å². The summed E-state index contributed by atoms with van der Waals surface area (Å²) in [6.45, 7) is 9.56. The van der Waals surface area contributed by atoms with Crippen molar-refractivity contribution in [2.24, 2.45) is 0 Å². The van der Waals surface area contributed by atoms with Crippen molar-refractivity contribution in [2.75, 3.05) is 0 Å². The Kier molecular flexibility index (Phi) is 5.05. The van der Waals surface area contributed by atoms with Crippen LogP contribution in [0.15, 0.2) is 77.7 Å². The van der Waals surface area contributed by atoms with E-state index in [2.05, 4.69) is 106 Å². The highest BCUT2D eigenvalue weighted by Gasteiger charge is 2.39. The van der Waals surface area contributed by atoms with Gasteiger partial charge in [0.05, 0.1) is 8.07 Å². The van der Waals surface area contributed by atoms with Crippen LogP contribution in [0.25, 0.3) is 17.2 Å². The lowest BCUT2D eigenvalue weighted by Crippen LogP contribution is -2.37. The van der Waals surface area contributed by atoms with Gasteiger partial charge in [0.1, 0.15) is 0 Å². The van der Waals surface area contributed by atoms with Crippen LogP contribution in [0.1, 0.15) is 30.5 Å². The van der Waals surface area contributed by atoms with E-state index in [9.17, 15) is 0 Å². The third kappa shape index (κ3) is 3.53. The van der Waals surface area contributed by atoms with Gasteiger partial charge in [-0.05, 0) is 45.5 Å². The second-order valence-electron chi connectivity index (χ2n) is 8.45. The maximum atomic E-state index is 2.53. The number of rotatable bonds is 5. The van der Waals surface area contributed by atoms with Crippen molar-refractivity contribution in [3.63, 3.8) is 0 Å². The van der Waals surface area contributed by atoms with Crippen molar-refractivity contribution in [2.45, 2.75) is 48.2 Å². The minimum atomic E-state index is -1.50. The van der Waals surface area contributed by atoms with Crippen LogP contribution in [0.5, 0.6) is 0 Å². The van der Waals surface area contributed by atoms with Gasteiger partial charge in [-0.3, -0.25) is 0 Å². The average Bonchev–Trinajstić information content (AvgIpc) is 3.32. The molecule has 0 nitrogen and oxygen atoms in total. The fourth-order valence-electron chi connectivity index (χ4n) is 4.36. The summed E-state index contributed by atoms with van der Waals surface area (Å²) in [5.41, 5.74) is 6.87. The van der Waals surface area contributed by atoms with E-state index in [1.54, 1.807) is 0 Å². The molecule has 0 spiro atoms. The van der Waals surface area contributed by atoms with Crippen molar-refractivity contribution < 1.29 is 0 Å². The summed E-state index contributed by atoms with van der Waals surface area (Å²) in [6.07, 6.45) is 14.1. The molecule has 2 aliphatic carbocycles. The molecule has 0 N–H and O–H groups in total. The summed E-state index contributed by atoms with van der Waals surface area (Å²) >= 11 is 1.92. The number of allylic oxidation sites excluding steroid dienone is 5. The molecule has 1 atom stereocenters. The molecule has 4 rings (SSSR count). The zero-order chi connectivity index (χ0) is 19.0. The number of benzene rings is 2. The second-order valence-corrected chi connectivity index (χ2v) is 15.0. The SMILES string of the molecule is CC(C)Sc1ccc(-c2cccc3c2C=CC3[Si](C)(C)C2C=CC=C2)cc1. The lowest BCUT2D eigenvalue weighted by Gasteiger charge is -2.33. The molecule has 0 amide bonds. The third-order valence-electron chi connectivity index (χ3n) is 5.88. The molecule has 0 saturated carbocycles. The van der Waals surface area contributed by atoms with Crippen LogP contribution >= 0.6 is 11.8 Å². The Morgan fingerprint density at radius 2 is 1.59 bits per heavy atom. The van der Waals surface area contributed by atoms with E-state index in [4.69, 9.17) is 0 Å². The van der Waals surface area contributed by atoms with Gasteiger partial charge in [-0.2, -0.15) is 0 Å². The molecule has 0 bridgehead atoms. The maximum Gasteiger partial charge on any atom is 0.0707 e. The minimum Gasteiger partial charge on any atom is -0.123 e. The van der Waals surface area contributed by atoms with E-state index in [0.29, 0.717) is 16.3 Å². The Balaban J connectivity index is 1.67. The Hall–Kier alpha value is -1.77. The normalized spacial score (nSPS) is 18.6. The number of fused-ring (bicyclic) bond motifs is 1. The van der Waals surface area contributed by atoms with Crippen LogP contribution in [0, 0.1) is 0 Å². The molecule has 27 heavy (non-hydrogen) atoms. The van der Waals surface area contributed by atoms with Gasteiger partial charge in [-0.25, -0.2) is 0 Å². The van der Waals surface area contributed by atoms with Gasteiger partial charge in [-0.15, -0.1) is 11.8 Å². The fraction of sp³-hybridized carbons (Fsp3) is 0.280. The van der Waals surface area contributed by atoms with Gasteiger partial charge >= 0.3 is 0 Å². The van der Waals surface area contributed by atoms with Crippen molar-refractivity contribution in [1.29, 1.82) is 0 Å². The van der Waals surface area contributed by atoms with Crippen LogP contribution in [0.2, 0.25) is 18.6 Å². The highest BCUT2D eigenvalue weighted by molar-refractivity contribution is 7.99. The molecular weight excluding hydrogens is 360 g/mol. The summed E-state index contributed by atoms with van der Waals surface area (Å²) in [7, 11) is -1.50. The first-order valence-electron chi connectivity index (χ1n) is 9.90. The standard InChI is InChI=1S/C25H28SSi/c1-18(2)26-20-14-12-19(13-15-20)22-10-7-11-24-23(22)16-17-25(24)27(3,4)21-8-5-6-9-21/h5-18,21,25H,1-4H3. The Morgan fingerprint density at radius 1 is 0.889 bits per heavy atom. The second kappa shape index (κ2) is 7.33. The highest BCUT2D eigenvalue weighted by Crippen LogP contribution is 2.46. The molecule has 0 radical (unpaired) electrons. The lowest BCUT2D eigenvalue weighted by atomic mass is 9.97. The first kappa shape index (κ1) is 18.6. The summed E-state index contributed by atoms with van der Waals surface area (Å²) in [5, 5.41) is 0.617. The maximum absolute atomic E-state index is 2.53. The topological polar surface area (TPSA) is 0 Å². The van der Waals surface area contributed by atoms with Crippen molar-refractivity contribution >= 4 is 25.9 Å². The summed E-state index contributed by atoms with van der Waals surface area (Å²) in [6, 6.07) is 16.0. The van der Waals surface area contributed by atoms with Crippen LogP contribution in [0.4, 0.5) is 0 Å². The molecule has 2 aromatic carbocycles. The van der Waals surface area contributed by atoms with Gasteiger partial charge in [-0.1, -0.05) is 93.7 Å². The number of thioether (sulfide) groups is 1. The number of hydrogen-bond donors (Lipinski definition) is 0. The molecule has 2 heteroatoms. The molecule has 0 heterocycles. The molecule has 0 fully saturated rings. The first-order chi connectivity index (χ1) is 13.0. The highest BCUT2D eigenvalue weighted by atomic mass is 32.2. The van der Waals surface area contributed by atoms with Crippen LogP contribution in [-0.4, -0.2) is 13.3 Å². The molecule has 0 aromatic heterocycles. The summed E-state index contributed by atoms with van der Waals surface area (Å²) < 4.78 is 0. The van der Waals surface area contributed by atoms with Gasteiger partial charge in [0.15, 0.2) is 0 Å². The minimum absolute atomic E-state index is 0.584. The smallest absolute Gasteiger partial charge is 0.0707 e.